The monoisotopic (exact) mass is 373 g/mol. The number of methoxy groups -OCH3 is 1. The lowest BCUT2D eigenvalue weighted by atomic mass is 9.99. The molecule has 28 heavy (non-hydrogen) atoms. The average Bonchev–Trinajstić information content (AvgIpc) is 2.73. The molecule has 0 saturated carbocycles. The fourth-order valence-electron chi connectivity index (χ4n) is 3.55. The largest absolute Gasteiger partial charge is 0.495 e. The lowest BCUT2D eigenvalue weighted by molar-refractivity contribution is 0.0734. The zero-order chi connectivity index (χ0) is 19.5. The van der Waals surface area contributed by atoms with Gasteiger partial charge in [-0.15, -0.1) is 0 Å². The summed E-state index contributed by atoms with van der Waals surface area (Å²) in [5.74, 6) is 0.747. The third-order valence-corrected chi connectivity index (χ3v) is 5.04. The lowest BCUT2D eigenvalue weighted by Crippen LogP contribution is -2.36. The van der Waals surface area contributed by atoms with Crippen LogP contribution >= 0.6 is 0 Å². The minimum Gasteiger partial charge on any atom is -0.495 e. The SMILES string of the molecule is COc1ccc(C)cc1Nc1cncc(C(=O)N2CCc3ccccc3C2)c1. The van der Waals surface area contributed by atoms with E-state index in [0.29, 0.717) is 12.1 Å². The van der Waals surface area contributed by atoms with E-state index in [9.17, 15) is 4.79 Å². The summed E-state index contributed by atoms with van der Waals surface area (Å²) in [4.78, 5) is 19.2. The number of benzene rings is 2. The molecule has 2 heterocycles. The first-order chi connectivity index (χ1) is 13.6. The molecular weight excluding hydrogens is 350 g/mol. The van der Waals surface area contributed by atoms with Crippen LogP contribution < -0.4 is 10.1 Å². The van der Waals surface area contributed by atoms with Crippen molar-refractivity contribution in [2.75, 3.05) is 19.0 Å². The van der Waals surface area contributed by atoms with Crippen molar-refractivity contribution in [3.05, 3.63) is 83.2 Å². The first-order valence-corrected chi connectivity index (χ1v) is 9.37. The highest BCUT2D eigenvalue weighted by molar-refractivity contribution is 5.95. The number of ether oxygens (including phenoxy) is 1. The molecule has 0 radical (unpaired) electrons. The zero-order valence-electron chi connectivity index (χ0n) is 16.1. The summed E-state index contributed by atoms with van der Waals surface area (Å²) in [6.45, 7) is 3.38. The number of hydrogen-bond donors (Lipinski definition) is 1. The molecule has 0 bridgehead atoms. The molecule has 0 aliphatic carbocycles. The Labute approximate surface area is 165 Å². The van der Waals surface area contributed by atoms with Crippen molar-refractivity contribution < 1.29 is 9.53 Å². The Morgan fingerprint density at radius 1 is 1.11 bits per heavy atom. The van der Waals surface area contributed by atoms with Gasteiger partial charge in [0.25, 0.3) is 5.91 Å². The number of hydrogen-bond acceptors (Lipinski definition) is 4. The summed E-state index contributed by atoms with van der Waals surface area (Å²) in [5, 5.41) is 3.32. The predicted molar refractivity (Wildman–Crippen MR) is 110 cm³/mol. The van der Waals surface area contributed by atoms with Gasteiger partial charge in [-0.1, -0.05) is 30.3 Å². The Kier molecular flexibility index (Phi) is 4.98. The normalized spacial score (nSPS) is 13.0. The van der Waals surface area contributed by atoms with Gasteiger partial charge in [0, 0.05) is 19.3 Å². The Morgan fingerprint density at radius 2 is 1.93 bits per heavy atom. The molecule has 0 fully saturated rings. The van der Waals surface area contributed by atoms with Crippen LogP contribution in [0.1, 0.15) is 27.0 Å². The van der Waals surface area contributed by atoms with Crippen LogP contribution in [0.2, 0.25) is 0 Å². The van der Waals surface area contributed by atoms with Gasteiger partial charge in [-0.3, -0.25) is 9.78 Å². The van der Waals surface area contributed by atoms with Crippen LogP contribution in [-0.2, 0) is 13.0 Å². The van der Waals surface area contributed by atoms with Gasteiger partial charge >= 0.3 is 0 Å². The first kappa shape index (κ1) is 18.0. The number of nitrogens with zero attached hydrogens (tertiary/aromatic N) is 2. The van der Waals surface area contributed by atoms with E-state index in [2.05, 4.69) is 28.5 Å². The summed E-state index contributed by atoms with van der Waals surface area (Å²) >= 11 is 0. The fraction of sp³-hybridized carbons (Fsp3) is 0.217. The molecule has 1 aromatic heterocycles. The molecule has 3 aromatic rings. The van der Waals surface area contributed by atoms with Gasteiger partial charge in [0.1, 0.15) is 5.75 Å². The number of fused-ring (bicyclic) bond motifs is 1. The Bertz CT molecular complexity index is 1020. The van der Waals surface area contributed by atoms with E-state index in [0.717, 1.165) is 35.7 Å². The lowest BCUT2D eigenvalue weighted by Gasteiger charge is -2.29. The molecule has 1 aliphatic heterocycles. The second kappa shape index (κ2) is 7.72. The van der Waals surface area contributed by atoms with Gasteiger partial charge in [0.15, 0.2) is 0 Å². The average molecular weight is 373 g/mol. The molecule has 2 aromatic carbocycles. The molecule has 1 amide bonds. The standard InChI is InChI=1S/C23H23N3O2/c1-16-7-8-22(28-2)21(11-16)25-20-12-19(13-24-14-20)23(27)26-10-9-17-5-3-4-6-18(17)15-26/h3-8,11-14,25H,9-10,15H2,1-2H3. The fourth-order valence-corrected chi connectivity index (χ4v) is 3.55. The number of carbonyl (C=O) groups is 1. The highest BCUT2D eigenvalue weighted by Gasteiger charge is 2.22. The highest BCUT2D eigenvalue weighted by atomic mass is 16.5. The Balaban J connectivity index is 1.54. The van der Waals surface area contributed by atoms with Crippen molar-refractivity contribution in [1.82, 2.24) is 9.88 Å². The maximum Gasteiger partial charge on any atom is 0.255 e. The van der Waals surface area contributed by atoms with E-state index in [4.69, 9.17) is 4.74 Å². The smallest absolute Gasteiger partial charge is 0.255 e. The van der Waals surface area contributed by atoms with Crippen LogP contribution in [0.4, 0.5) is 11.4 Å². The molecule has 1 aliphatic rings. The van der Waals surface area contributed by atoms with E-state index >= 15 is 0 Å². The van der Waals surface area contributed by atoms with Crippen LogP contribution in [0.5, 0.6) is 5.75 Å². The summed E-state index contributed by atoms with van der Waals surface area (Å²) < 4.78 is 5.42. The van der Waals surface area contributed by atoms with Crippen LogP contribution in [0.15, 0.2) is 60.9 Å². The van der Waals surface area contributed by atoms with Crippen LogP contribution in [0.3, 0.4) is 0 Å². The quantitative estimate of drug-likeness (QED) is 0.739. The number of pyridine rings is 1. The number of aromatic nitrogens is 1. The van der Waals surface area contributed by atoms with E-state index in [-0.39, 0.29) is 5.91 Å². The van der Waals surface area contributed by atoms with E-state index in [1.807, 2.05) is 42.2 Å². The molecule has 142 valence electrons. The highest BCUT2D eigenvalue weighted by Crippen LogP contribution is 2.29. The number of amides is 1. The van der Waals surface area contributed by atoms with Crippen molar-refractivity contribution in [2.24, 2.45) is 0 Å². The molecule has 1 N–H and O–H groups in total. The van der Waals surface area contributed by atoms with E-state index in [1.54, 1.807) is 19.5 Å². The first-order valence-electron chi connectivity index (χ1n) is 9.37. The summed E-state index contributed by atoms with van der Waals surface area (Å²) in [7, 11) is 1.64. The molecule has 0 saturated heterocycles. The molecule has 4 rings (SSSR count). The maximum absolute atomic E-state index is 13.0. The Hall–Kier alpha value is -3.34. The maximum atomic E-state index is 13.0. The van der Waals surface area contributed by atoms with Gasteiger partial charge in [0.05, 0.1) is 30.2 Å². The number of carbonyl (C=O) groups excluding carboxylic acids is 1. The third kappa shape index (κ3) is 3.69. The van der Waals surface area contributed by atoms with Gasteiger partial charge in [-0.2, -0.15) is 0 Å². The van der Waals surface area contributed by atoms with E-state index < -0.39 is 0 Å². The number of rotatable bonds is 4. The van der Waals surface area contributed by atoms with Crippen LogP contribution in [0, 0.1) is 6.92 Å². The third-order valence-electron chi connectivity index (χ3n) is 5.04. The Morgan fingerprint density at radius 3 is 2.75 bits per heavy atom. The van der Waals surface area contributed by atoms with Crippen molar-refractivity contribution in [2.45, 2.75) is 19.9 Å². The van der Waals surface area contributed by atoms with Crippen molar-refractivity contribution >= 4 is 17.3 Å². The van der Waals surface area contributed by atoms with Crippen molar-refractivity contribution in [3.8, 4) is 5.75 Å². The second-order valence-electron chi connectivity index (χ2n) is 7.04. The number of nitrogens with one attached hydrogen (secondary N) is 1. The topological polar surface area (TPSA) is 54.5 Å². The summed E-state index contributed by atoms with van der Waals surface area (Å²) in [6.07, 6.45) is 4.22. The van der Waals surface area contributed by atoms with Gasteiger partial charge in [-0.05, 0) is 48.2 Å². The molecule has 0 unspecified atom stereocenters. The minimum atomic E-state index is 0.00172. The molecule has 5 nitrogen and oxygen atoms in total. The molecule has 5 heteroatoms. The van der Waals surface area contributed by atoms with Gasteiger partial charge in [-0.25, -0.2) is 0 Å². The van der Waals surface area contributed by atoms with Gasteiger partial charge < -0.3 is 15.0 Å². The van der Waals surface area contributed by atoms with Crippen LogP contribution in [-0.4, -0.2) is 29.4 Å². The van der Waals surface area contributed by atoms with Gasteiger partial charge in [0.2, 0.25) is 0 Å². The molecular formula is C23H23N3O2. The predicted octanol–water partition coefficient (Wildman–Crippen LogP) is 4.34. The second-order valence-corrected chi connectivity index (χ2v) is 7.04. The molecule has 0 spiro atoms. The number of aryl methyl sites for hydroxylation is 1. The van der Waals surface area contributed by atoms with E-state index in [1.165, 1.54) is 11.1 Å². The van der Waals surface area contributed by atoms with Crippen molar-refractivity contribution in [3.63, 3.8) is 0 Å². The van der Waals surface area contributed by atoms with Crippen LogP contribution in [0.25, 0.3) is 0 Å². The summed E-state index contributed by atoms with van der Waals surface area (Å²) in [6, 6.07) is 16.1. The zero-order valence-corrected chi connectivity index (χ0v) is 16.1. The minimum absolute atomic E-state index is 0.00172. The molecule has 0 atom stereocenters. The summed E-state index contributed by atoms with van der Waals surface area (Å²) in [5.41, 5.74) is 5.85. The number of anilines is 2. The van der Waals surface area contributed by atoms with Crippen molar-refractivity contribution in [1.29, 1.82) is 0 Å².